The number of fused-ring (bicyclic) bond motifs is 4. The normalized spacial score (nSPS) is 13.5. The van der Waals surface area contributed by atoms with Gasteiger partial charge in [-0.15, -0.1) is 0 Å². The Kier molecular flexibility index (Phi) is 6.52. The van der Waals surface area contributed by atoms with Gasteiger partial charge in [0.2, 0.25) is 11.5 Å². The predicted molar refractivity (Wildman–Crippen MR) is 138 cm³/mol. The zero-order valence-electron chi connectivity index (χ0n) is 20.9. The lowest BCUT2D eigenvalue weighted by Crippen LogP contribution is -2.11. The molecule has 0 amide bonds. The summed E-state index contributed by atoms with van der Waals surface area (Å²) in [6.45, 7) is 0.910. The summed E-state index contributed by atoms with van der Waals surface area (Å²) in [6, 6.07) is 9.62. The standard InChI is InChI=1S/C29H24O10/c30-20(38-28-24-18(10-12-34-24)14-16-6-8-22(32)36-26(16)28)4-2-1-3-5-21(31)39-29-25-19(11-13-35-25)15-17-7-9-23(33)37-27(17)29/h6-9,14-15H,1-5,10-13H2. The summed E-state index contributed by atoms with van der Waals surface area (Å²) < 4.78 is 33.0. The van der Waals surface area contributed by atoms with Crippen molar-refractivity contribution in [1.29, 1.82) is 0 Å². The SMILES string of the molecule is O=C(CCCCCC(=O)Oc1c2c(cc3ccc(=O)oc13)CCO2)Oc1c2c(cc3ccc(=O)oc13)CCO2. The molecule has 0 fully saturated rings. The minimum absolute atomic E-state index is 0.104. The van der Waals surface area contributed by atoms with Crippen molar-refractivity contribution in [3.05, 3.63) is 68.4 Å². The van der Waals surface area contributed by atoms with Gasteiger partial charge < -0.3 is 27.8 Å². The van der Waals surface area contributed by atoms with Gasteiger partial charge in [0.25, 0.3) is 0 Å². The van der Waals surface area contributed by atoms with Gasteiger partial charge in [0, 0.05) is 59.7 Å². The lowest BCUT2D eigenvalue weighted by molar-refractivity contribution is -0.135. The number of ether oxygens (including phenoxy) is 4. The number of unbranched alkanes of at least 4 members (excludes halogenated alkanes) is 2. The second-order valence-corrected chi connectivity index (χ2v) is 9.44. The molecule has 39 heavy (non-hydrogen) atoms. The molecule has 2 aliphatic heterocycles. The van der Waals surface area contributed by atoms with Crippen LogP contribution in [0.25, 0.3) is 21.9 Å². The molecule has 0 bridgehead atoms. The van der Waals surface area contributed by atoms with Crippen LogP contribution in [-0.2, 0) is 22.4 Å². The van der Waals surface area contributed by atoms with Crippen LogP contribution in [0.4, 0.5) is 0 Å². The molecule has 4 heterocycles. The second kappa shape index (κ2) is 10.3. The molecule has 0 aliphatic carbocycles. The fraction of sp³-hybridized carbons (Fsp3) is 0.310. The molecule has 0 saturated heterocycles. The topological polar surface area (TPSA) is 131 Å². The van der Waals surface area contributed by atoms with Gasteiger partial charge >= 0.3 is 23.2 Å². The van der Waals surface area contributed by atoms with Crippen LogP contribution >= 0.6 is 0 Å². The Labute approximate surface area is 221 Å². The highest BCUT2D eigenvalue weighted by Crippen LogP contribution is 2.43. The van der Waals surface area contributed by atoms with E-state index in [-0.39, 0.29) is 35.5 Å². The lowest BCUT2D eigenvalue weighted by Gasteiger charge is -2.11. The molecule has 2 aliphatic rings. The van der Waals surface area contributed by atoms with Crippen LogP contribution in [0.1, 0.15) is 43.2 Å². The molecule has 0 unspecified atom stereocenters. The molecule has 0 N–H and O–H groups in total. The Morgan fingerprint density at radius 3 is 1.59 bits per heavy atom. The molecule has 4 aromatic rings. The molecular formula is C29H24O10. The van der Waals surface area contributed by atoms with Crippen LogP contribution in [0.15, 0.2) is 54.8 Å². The number of hydrogen-bond donors (Lipinski definition) is 0. The molecule has 2 aromatic heterocycles. The largest absolute Gasteiger partial charge is 0.489 e. The molecule has 200 valence electrons. The first-order valence-electron chi connectivity index (χ1n) is 12.8. The van der Waals surface area contributed by atoms with E-state index in [0.717, 1.165) is 11.1 Å². The number of hydrogen-bond acceptors (Lipinski definition) is 10. The lowest BCUT2D eigenvalue weighted by atomic mass is 10.1. The van der Waals surface area contributed by atoms with Crippen molar-refractivity contribution in [2.24, 2.45) is 0 Å². The maximum atomic E-state index is 12.6. The van der Waals surface area contributed by atoms with Crippen molar-refractivity contribution in [2.45, 2.75) is 44.9 Å². The van der Waals surface area contributed by atoms with Crippen molar-refractivity contribution < 1.29 is 37.4 Å². The Bertz CT molecular complexity index is 1600. The zero-order valence-corrected chi connectivity index (χ0v) is 20.9. The first kappa shape index (κ1) is 24.7. The van der Waals surface area contributed by atoms with E-state index >= 15 is 0 Å². The number of esters is 2. The third-order valence-corrected chi connectivity index (χ3v) is 6.72. The van der Waals surface area contributed by atoms with Crippen LogP contribution in [0.2, 0.25) is 0 Å². The van der Waals surface area contributed by atoms with Gasteiger partial charge in [0.1, 0.15) is 0 Å². The summed E-state index contributed by atoms with van der Waals surface area (Å²) in [4.78, 5) is 48.7. The molecule has 0 spiro atoms. The van der Waals surface area contributed by atoms with Crippen molar-refractivity contribution >= 4 is 33.9 Å². The van der Waals surface area contributed by atoms with Crippen molar-refractivity contribution in [3.63, 3.8) is 0 Å². The molecule has 6 rings (SSSR count). The molecule has 2 aromatic carbocycles. The average Bonchev–Trinajstić information content (AvgIpc) is 3.58. The van der Waals surface area contributed by atoms with Crippen LogP contribution < -0.4 is 30.2 Å². The molecule has 0 radical (unpaired) electrons. The van der Waals surface area contributed by atoms with Gasteiger partial charge in [-0.1, -0.05) is 6.42 Å². The maximum Gasteiger partial charge on any atom is 0.336 e. The number of carbonyl (C=O) groups excluding carboxylic acids is 2. The number of benzene rings is 2. The van der Waals surface area contributed by atoms with Gasteiger partial charge in [-0.2, -0.15) is 0 Å². The summed E-state index contributed by atoms with van der Waals surface area (Å²) in [5.41, 5.74) is 1.04. The van der Waals surface area contributed by atoms with E-state index in [2.05, 4.69) is 0 Å². The van der Waals surface area contributed by atoms with E-state index in [1.807, 2.05) is 12.1 Å². The highest BCUT2D eigenvalue weighted by molar-refractivity contribution is 5.91. The summed E-state index contributed by atoms with van der Waals surface area (Å²) in [6.07, 6.45) is 3.08. The summed E-state index contributed by atoms with van der Waals surface area (Å²) >= 11 is 0. The monoisotopic (exact) mass is 532 g/mol. The Hall–Kier alpha value is -4.60. The minimum atomic E-state index is -0.549. The smallest absolute Gasteiger partial charge is 0.336 e. The molecule has 10 nitrogen and oxygen atoms in total. The van der Waals surface area contributed by atoms with Gasteiger partial charge in [-0.05, 0) is 37.1 Å². The second-order valence-electron chi connectivity index (χ2n) is 9.44. The van der Waals surface area contributed by atoms with E-state index in [4.69, 9.17) is 27.8 Å². The van der Waals surface area contributed by atoms with Crippen LogP contribution in [0.5, 0.6) is 23.0 Å². The third kappa shape index (κ3) is 4.97. The molecule has 0 saturated carbocycles. The number of rotatable bonds is 8. The fourth-order valence-corrected chi connectivity index (χ4v) is 4.89. The highest BCUT2D eigenvalue weighted by atomic mass is 16.6. The first-order valence-corrected chi connectivity index (χ1v) is 12.8. The number of carbonyl (C=O) groups is 2. The van der Waals surface area contributed by atoms with Crippen molar-refractivity contribution in [1.82, 2.24) is 0 Å². The summed E-state index contributed by atoms with van der Waals surface area (Å²) in [5.74, 6) is 0.117. The average molecular weight is 533 g/mol. The maximum absolute atomic E-state index is 12.6. The van der Waals surface area contributed by atoms with E-state index < -0.39 is 23.2 Å². The summed E-state index contributed by atoms with van der Waals surface area (Å²) in [5, 5.41) is 1.31. The molecular weight excluding hydrogens is 508 g/mol. The van der Waals surface area contributed by atoms with E-state index in [1.165, 1.54) is 12.1 Å². The van der Waals surface area contributed by atoms with Gasteiger partial charge in [-0.3, -0.25) is 9.59 Å². The van der Waals surface area contributed by atoms with E-state index in [9.17, 15) is 19.2 Å². The van der Waals surface area contributed by atoms with Crippen molar-refractivity contribution in [2.75, 3.05) is 13.2 Å². The van der Waals surface area contributed by atoms with E-state index in [0.29, 0.717) is 67.6 Å². The van der Waals surface area contributed by atoms with Crippen LogP contribution in [-0.4, -0.2) is 25.2 Å². The third-order valence-electron chi connectivity index (χ3n) is 6.72. The molecule has 10 heteroatoms. The van der Waals surface area contributed by atoms with E-state index in [1.54, 1.807) is 12.1 Å². The van der Waals surface area contributed by atoms with Gasteiger partial charge in [0.15, 0.2) is 22.7 Å². The first-order chi connectivity index (χ1) is 19.0. The zero-order chi connectivity index (χ0) is 26.9. The predicted octanol–water partition coefficient (Wildman–Crippen LogP) is 4.23. The quantitative estimate of drug-likeness (QED) is 0.141. The van der Waals surface area contributed by atoms with Crippen molar-refractivity contribution in [3.8, 4) is 23.0 Å². The minimum Gasteiger partial charge on any atom is -0.489 e. The van der Waals surface area contributed by atoms with Gasteiger partial charge in [-0.25, -0.2) is 9.59 Å². The van der Waals surface area contributed by atoms with Crippen LogP contribution in [0, 0.1) is 0 Å². The van der Waals surface area contributed by atoms with Crippen LogP contribution in [0.3, 0.4) is 0 Å². The highest BCUT2D eigenvalue weighted by Gasteiger charge is 2.26. The summed E-state index contributed by atoms with van der Waals surface area (Å²) in [7, 11) is 0. The fourth-order valence-electron chi connectivity index (χ4n) is 4.89. The van der Waals surface area contributed by atoms with Gasteiger partial charge in [0.05, 0.1) is 13.2 Å². The Morgan fingerprint density at radius 1 is 0.667 bits per heavy atom. The Balaban J connectivity index is 1.05. The molecule has 0 atom stereocenters. The Morgan fingerprint density at radius 2 is 1.13 bits per heavy atom.